The number of imidazole rings is 1. The number of rotatable bonds is 5. The van der Waals surface area contributed by atoms with E-state index in [0.29, 0.717) is 12.1 Å². The molecule has 0 atom stereocenters. The van der Waals surface area contributed by atoms with Crippen molar-refractivity contribution in [3.8, 4) is 0 Å². The molecule has 1 amide bonds. The van der Waals surface area contributed by atoms with Crippen molar-refractivity contribution < 1.29 is 4.79 Å². The minimum Gasteiger partial charge on any atom is -0.399 e. The van der Waals surface area contributed by atoms with E-state index in [0.717, 1.165) is 30.0 Å². The normalized spacial score (nSPS) is 10.5. The van der Waals surface area contributed by atoms with Gasteiger partial charge in [-0.05, 0) is 38.0 Å². The molecule has 1 aromatic carbocycles. The average molecular weight is 272 g/mol. The second kappa shape index (κ2) is 6.23. The molecule has 2 aromatic rings. The summed E-state index contributed by atoms with van der Waals surface area (Å²) in [6.45, 7) is 4.70. The van der Waals surface area contributed by atoms with Crippen molar-refractivity contribution in [3.05, 3.63) is 42.0 Å². The Hall–Kier alpha value is -2.30. The van der Waals surface area contributed by atoms with Crippen LogP contribution in [-0.2, 0) is 11.3 Å². The van der Waals surface area contributed by atoms with Crippen molar-refractivity contribution >= 4 is 17.3 Å². The first-order valence-corrected chi connectivity index (χ1v) is 6.70. The van der Waals surface area contributed by atoms with Crippen LogP contribution in [0, 0.1) is 13.8 Å². The van der Waals surface area contributed by atoms with Crippen LogP contribution in [0.15, 0.2) is 30.6 Å². The number of benzene rings is 1. The zero-order valence-corrected chi connectivity index (χ0v) is 11.9. The molecule has 0 unspecified atom stereocenters. The van der Waals surface area contributed by atoms with Gasteiger partial charge in [-0.2, -0.15) is 0 Å². The zero-order valence-electron chi connectivity index (χ0n) is 11.9. The van der Waals surface area contributed by atoms with Crippen LogP contribution in [0.4, 0.5) is 11.4 Å². The van der Waals surface area contributed by atoms with E-state index in [4.69, 9.17) is 5.73 Å². The highest BCUT2D eigenvalue weighted by atomic mass is 16.1. The summed E-state index contributed by atoms with van der Waals surface area (Å²) in [4.78, 5) is 16.1. The number of aromatic nitrogens is 2. The van der Waals surface area contributed by atoms with Crippen molar-refractivity contribution in [1.82, 2.24) is 9.55 Å². The van der Waals surface area contributed by atoms with E-state index in [2.05, 4.69) is 10.3 Å². The van der Waals surface area contributed by atoms with Gasteiger partial charge in [-0.25, -0.2) is 4.98 Å². The van der Waals surface area contributed by atoms with E-state index in [1.165, 1.54) is 0 Å². The Labute approximate surface area is 118 Å². The summed E-state index contributed by atoms with van der Waals surface area (Å²) < 4.78 is 2.04. The molecule has 3 N–H and O–H groups in total. The molecule has 0 saturated carbocycles. The van der Waals surface area contributed by atoms with Crippen molar-refractivity contribution in [1.29, 1.82) is 0 Å². The van der Waals surface area contributed by atoms with Crippen LogP contribution in [0.5, 0.6) is 0 Å². The molecule has 20 heavy (non-hydrogen) atoms. The first-order chi connectivity index (χ1) is 9.56. The third-order valence-electron chi connectivity index (χ3n) is 3.26. The molecule has 1 aromatic heterocycles. The topological polar surface area (TPSA) is 72.9 Å². The molecule has 0 saturated heterocycles. The highest BCUT2D eigenvalue weighted by Gasteiger charge is 2.06. The van der Waals surface area contributed by atoms with Crippen molar-refractivity contribution in [2.24, 2.45) is 0 Å². The molecule has 0 aliphatic carbocycles. The summed E-state index contributed by atoms with van der Waals surface area (Å²) in [6, 6.07) is 5.51. The fraction of sp³-hybridized carbons (Fsp3) is 0.333. The third kappa shape index (κ3) is 3.60. The summed E-state index contributed by atoms with van der Waals surface area (Å²) in [5.41, 5.74) is 8.17. The van der Waals surface area contributed by atoms with Crippen LogP contribution in [-0.4, -0.2) is 15.5 Å². The van der Waals surface area contributed by atoms with Gasteiger partial charge < -0.3 is 15.6 Å². The fourth-order valence-electron chi connectivity index (χ4n) is 2.04. The number of amides is 1. The van der Waals surface area contributed by atoms with Gasteiger partial charge in [-0.1, -0.05) is 6.07 Å². The van der Waals surface area contributed by atoms with Gasteiger partial charge in [0.1, 0.15) is 5.82 Å². The van der Waals surface area contributed by atoms with Gasteiger partial charge in [0.15, 0.2) is 0 Å². The summed E-state index contributed by atoms with van der Waals surface area (Å²) in [6.07, 6.45) is 4.96. The van der Waals surface area contributed by atoms with Crippen molar-refractivity contribution in [3.63, 3.8) is 0 Å². The number of aryl methyl sites for hydroxylation is 3. The smallest absolute Gasteiger partial charge is 0.224 e. The standard InChI is InChI=1S/C15H20N4O/c1-11-5-6-13(16)10-14(11)18-15(20)4-3-8-19-9-7-17-12(19)2/h5-7,9-10H,3-4,8,16H2,1-2H3,(H,18,20). The lowest BCUT2D eigenvalue weighted by atomic mass is 10.1. The molecule has 5 nitrogen and oxygen atoms in total. The number of carbonyl (C=O) groups excluding carboxylic acids is 1. The van der Waals surface area contributed by atoms with Gasteiger partial charge in [0, 0.05) is 36.7 Å². The fourth-order valence-corrected chi connectivity index (χ4v) is 2.04. The summed E-state index contributed by atoms with van der Waals surface area (Å²) in [5.74, 6) is 0.980. The first kappa shape index (κ1) is 14.1. The van der Waals surface area contributed by atoms with Gasteiger partial charge in [0.25, 0.3) is 0 Å². The summed E-state index contributed by atoms with van der Waals surface area (Å²) in [5, 5.41) is 2.90. The second-order valence-corrected chi connectivity index (χ2v) is 4.89. The molecule has 0 bridgehead atoms. The Bertz CT molecular complexity index is 604. The Balaban J connectivity index is 1.84. The molecule has 0 aliphatic heterocycles. The Morgan fingerprint density at radius 1 is 1.40 bits per heavy atom. The molecular weight excluding hydrogens is 252 g/mol. The number of nitrogens with two attached hydrogens (primary N) is 1. The second-order valence-electron chi connectivity index (χ2n) is 4.89. The molecule has 0 spiro atoms. The van der Waals surface area contributed by atoms with E-state index in [-0.39, 0.29) is 5.91 Å². The zero-order chi connectivity index (χ0) is 14.5. The van der Waals surface area contributed by atoms with Crippen LogP contribution >= 0.6 is 0 Å². The number of nitrogens with one attached hydrogen (secondary N) is 1. The van der Waals surface area contributed by atoms with Crippen LogP contribution in [0.25, 0.3) is 0 Å². The van der Waals surface area contributed by atoms with E-state index in [1.54, 1.807) is 12.3 Å². The van der Waals surface area contributed by atoms with Crippen LogP contribution in [0.3, 0.4) is 0 Å². The van der Waals surface area contributed by atoms with Gasteiger partial charge in [-0.15, -0.1) is 0 Å². The highest BCUT2D eigenvalue weighted by Crippen LogP contribution is 2.18. The third-order valence-corrected chi connectivity index (χ3v) is 3.26. The Kier molecular flexibility index (Phi) is 4.40. The molecule has 0 fully saturated rings. The van der Waals surface area contributed by atoms with Gasteiger partial charge >= 0.3 is 0 Å². The molecular formula is C15H20N4O. The minimum absolute atomic E-state index is 0.0106. The first-order valence-electron chi connectivity index (χ1n) is 6.70. The predicted molar refractivity (Wildman–Crippen MR) is 80.4 cm³/mol. The van der Waals surface area contributed by atoms with E-state index < -0.39 is 0 Å². The maximum Gasteiger partial charge on any atom is 0.224 e. The monoisotopic (exact) mass is 272 g/mol. The number of nitrogens with zero attached hydrogens (tertiary/aromatic N) is 2. The summed E-state index contributed by atoms with van der Waals surface area (Å²) >= 11 is 0. The maximum atomic E-state index is 11.9. The molecule has 0 aliphatic rings. The predicted octanol–water partition coefficient (Wildman–Crippen LogP) is 2.50. The molecule has 1 heterocycles. The van der Waals surface area contributed by atoms with E-state index >= 15 is 0 Å². The number of hydrogen-bond donors (Lipinski definition) is 2. The molecule has 2 rings (SSSR count). The Morgan fingerprint density at radius 2 is 2.20 bits per heavy atom. The molecule has 5 heteroatoms. The minimum atomic E-state index is 0.0106. The lowest BCUT2D eigenvalue weighted by molar-refractivity contribution is -0.116. The maximum absolute atomic E-state index is 11.9. The number of nitrogen functional groups attached to an aromatic ring is 1. The van der Waals surface area contributed by atoms with Crippen molar-refractivity contribution in [2.75, 3.05) is 11.1 Å². The SMILES string of the molecule is Cc1ccc(N)cc1NC(=O)CCCn1ccnc1C. The molecule has 106 valence electrons. The highest BCUT2D eigenvalue weighted by molar-refractivity contribution is 5.91. The lowest BCUT2D eigenvalue weighted by Crippen LogP contribution is -2.13. The molecule has 0 radical (unpaired) electrons. The van der Waals surface area contributed by atoms with Crippen LogP contribution in [0.1, 0.15) is 24.2 Å². The van der Waals surface area contributed by atoms with Crippen LogP contribution in [0.2, 0.25) is 0 Å². The average Bonchev–Trinajstić information content (AvgIpc) is 2.80. The number of anilines is 2. The lowest BCUT2D eigenvalue weighted by Gasteiger charge is -2.09. The van der Waals surface area contributed by atoms with Gasteiger partial charge in [0.2, 0.25) is 5.91 Å². The quantitative estimate of drug-likeness (QED) is 0.821. The summed E-state index contributed by atoms with van der Waals surface area (Å²) in [7, 11) is 0. The van der Waals surface area contributed by atoms with Crippen molar-refractivity contribution in [2.45, 2.75) is 33.2 Å². The number of hydrogen-bond acceptors (Lipinski definition) is 3. The van der Waals surface area contributed by atoms with E-state index in [9.17, 15) is 4.79 Å². The van der Waals surface area contributed by atoms with Gasteiger partial charge in [0.05, 0.1) is 0 Å². The Morgan fingerprint density at radius 3 is 2.90 bits per heavy atom. The van der Waals surface area contributed by atoms with Gasteiger partial charge in [-0.3, -0.25) is 4.79 Å². The largest absolute Gasteiger partial charge is 0.399 e. The number of carbonyl (C=O) groups is 1. The van der Waals surface area contributed by atoms with Crippen LogP contribution < -0.4 is 11.1 Å². The van der Waals surface area contributed by atoms with E-state index in [1.807, 2.05) is 36.7 Å².